The average molecular weight is 168 g/mol. The summed E-state index contributed by atoms with van der Waals surface area (Å²) >= 11 is 8.04. The van der Waals surface area contributed by atoms with Gasteiger partial charge < -0.3 is 0 Å². The highest BCUT2D eigenvalue weighted by molar-refractivity contribution is 7.88. The fourth-order valence-electron chi connectivity index (χ4n) is 0.668. The summed E-state index contributed by atoms with van der Waals surface area (Å²) < 4.78 is 0. The molecule has 0 saturated heterocycles. The molecule has 1 aromatic carbocycles. The van der Waals surface area contributed by atoms with Crippen molar-refractivity contribution < 1.29 is 0 Å². The van der Waals surface area contributed by atoms with Crippen LogP contribution < -0.4 is 10.4 Å². The van der Waals surface area contributed by atoms with Gasteiger partial charge in [-0.25, -0.2) is 0 Å². The van der Waals surface area contributed by atoms with Gasteiger partial charge in [0.25, 0.3) is 0 Å². The Bertz CT molecular complexity index is 258. The maximum atomic E-state index is 4.02. The second-order valence-electron chi connectivity index (χ2n) is 1.92. The lowest BCUT2D eigenvalue weighted by molar-refractivity contribution is 1.57. The minimum Gasteiger partial charge on any atom is -0.151 e. The molecule has 0 aliphatic carbocycles. The highest BCUT2D eigenvalue weighted by Crippen LogP contribution is 1.76. The lowest BCUT2D eigenvalue weighted by atomic mass is 10.3. The van der Waals surface area contributed by atoms with E-state index in [2.05, 4.69) is 25.3 Å². The monoisotopic (exact) mass is 168 g/mol. The number of hydrogen-bond donors (Lipinski definition) is 2. The third-order valence-corrected chi connectivity index (χ3v) is 1.83. The Morgan fingerprint density at radius 3 is 1.30 bits per heavy atom. The Labute approximate surface area is 71.1 Å². The smallest absolute Gasteiger partial charge is 0.0196 e. The lowest BCUT2D eigenvalue weighted by Crippen LogP contribution is -2.04. The number of hydrogen-bond acceptors (Lipinski definition) is 2. The standard InChI is InChI=1S/C8H8S2/c9-5-7-1-2-8(6-10)4-3-7/h1-6,9-10H. The number of thiol groups is 2. The first-order chi connectivity index (χ1) is 4.86. The minimum absolute atomic E-state index is 1.11. The molecule has 2 heteroatoms. The zero-order chi connectivity index (χ0) is 7.40. The second-order valence-corrected chi connectivity index (χ2v) is 2.44. The first-order valence-corrected chi connectivity index (χ1v) is 3.95. The number of rotatable bonds is 0. The highest BCUT2D eigenvalue weighted by Gasteiger charge is 1.75. The third-order valence-electron chi connectivity index (χ3n) is 1.23. The zero-order valence-electron chi connectivity index (χ0n) is 5.36. The normalized spacial score (nSPS) is 9.00. The van der Waals surface area contributed by atoms with Crippen LogP contribution in [-0.2, 0) is 0 Å². The Morgan fingerprint density at radius 2 is 1.10 bits per heavy atom. The first-order valence-electron chi connectivity index (χ1n) is 2.92. The minimum atomic E-state index is 1.11. The van der Waals surface area contributed by atoms with E-state index in [4.69, 9.17) is 0 Å². The summed E-state index contributed by atoms with van der Waals surface area (Å²) in [7, 11) is 0. The number of benzene rings is 1. The molecule has 0 spiro atoms. The van der Waals surface area contributed by atoms with E-state index in [1.807, 2.05) is 24.3 Å². The summed E-state index contributed by atoms with van der Waals surface area (Å²) in [5.74, 6) is 0. The van der Waals surface area contributed by atoms with Crippen molar-refractivity contribution in [1.82, 2.24) is 0 Å². The van der Waals surface area contributed by atoms with Gasteiger partial charge in [0.05, 0.1) is 0 Å². The quantitative estimate of drug-likeness (QED) is 0.531. The highest BCUT2D eigenvalue weighted by atomic mass is 32.1. The largest absolute Gasteiger partial charge is 0.151 e. The van der Waals surface area contributed by atoms with Crippen LogP contribution in [0.15, 0.2) is 24.3 Å². The molecule has 1 aromatic rings. The molecule has 0 aliphatic heterocycles. The summed E-state index contributed by atoms with van der Waals surface area (Å²) in [5.41, 5.74) is 0. The van der Waals surface area contributed by atoms with Gasteiger partial charge in [-0.2, -0.15) is 25.3 Å². The van der Waals surface area contributed by atoms with Crippen molar-refractivity contribution in [2.75, 3.05) is 0 Å². The molecular weight excluding hydrogens is 160 g/mol. The van der Waals surface area contributed by atoms with Crippen molar-refractivity contribution in [3.05, 3.63) is 34.7 Å². The summed E-state index contributed by atoms with van der Waals surface area (Å²) in [6.07, 6.45) is 0. The van der Waals surface area contributed by atoms with Gasteiger partial charge in [0, 0.05) is 0 Å². The molecular formula is C8H8S2. The van der Waals surface area contributed by atoms with E-state index in [0.717, 1.165) is 10.4 Å². The molecule has 0 fully saturated rings. The Balaban J connectivity index is 3.28. The Morgan fingerprint density at radius 1 is 0.800 bits per heavy atom. The van der Waals surface area contributed by atoms with Gasteiger partial charge in [-0.15, -0.1) is 0 Å². The van der Waals surface area contributed by atoms with Crippen LogP contribution in [0.3, 0.4) is 0 Å². The maximum absolute atomic E-state index is 4.02. The van der Waals surface area contributed by atoms with Gasteiger partial charge in [-0.1, -0.05) is 24.3 Å². The fourth-order valence-corrected chi connectivity index (χ4v) is 1.01. The summed E-state index contributed by atoms with van der Waals surface area (Å²) in [4.78, 5) is 0. The molecule has 0 nitrogen and oxygen atoms in total. The van der Waals surface area contributed by atoms with Crippen LogP contribution in [0.1, 0.15) is 0 Å². The van der Waals surface area contributed by atoms with Crippen LogP contribution in [0.4, 0.5) is 0 Å². The predicted octanol–water partition coefficient (Wildman–Crippen LogP) is 1.02. The molecule has 10 heavy (non-hydrogen) atoms. The Hall–Kier alpha value is -0.340. The molecule has 0 aliphatic rings. The zero-order valence-corrected chi connectivity index (χ0v) is 7.15. The lowest BCUT2D eigenvalue weighted by Gasteiger charge is -1.83. The predicted molar refractivity (Wildman–Crippen MR) is 52.6 cm³/mol. The van der Waals surface area contributed by atoms with Crippen LogP contribution in [-0.4, -0.2) is 0 Å². The van der Waals surface area contributed by atoms with E-state index < -0.39 is 0 Å². The van der Waals surface area contributed by atoms with Crippen molar-refractivity contribution in [1.29, 1.82) is 0 Å². The van der Waals surface area contributed by atoms with Gasteiger partial charge in [0.1, 0.15) is 0 Å². The molecule has 0 radical (unpaired) electrons. The average Bonchev–Trinajstić information content (AvgIpc) is 2.05. The van der Waals surface area contributed by atoms with Gasteiger partial charge in [0.2, 0.25) is 0 Å². The third kappa shape index (κ3) is 1.82. The molecule has 0 amide bonds. The molecule has 0 saturated carbocycles. The van der Waals surface area contributed by atoms with Crippen LogP contribution in [0, 0.1) is 0 Å². The molecule has 0 unspecified atom stereocenters. The summed E-state index contributed by atoms with van der Waals surface area (Å²) in [5, 5.41) is 5.76. The van der Waals surface area contributed by atoms with Gasteiger partial charge in [0.15, 0.2) is 0 Å². The van der Waals surface area contributed by atoms with Crippen molar-refractivity contribution in [3.8, 4) is 0 Å². The van der Waals surface area contributed by atoms with E-state index in [0.29, 0.717) is 0 Å². The Kier molecular flexibility index (Phi) is 2.90. The fraction of sp³-hybridized carbons (Fsp3) is 0. The van der Waals surface area contributed by atoms with Crippen molar-refractivity contribution >= 4 is 36.1 Å². The van der Waals surface area contributed by atoms with Crippen LogP contribution in [0.5, 0.6) is 0 Å². The van der Waals surface area contributed by atoms with E-state index in [1.165, 1.54) is 0 Å². The van der Waals surface area contributed by atoms with Crippen molar-refractivity contribution in [2.24, 2.45) is 0 Å². The molecule has 0 N–H and O–H groups in total. The summed E-state index contributed by atoms with van der Waals surface area (Å²) in [6.45, 7) is 0. The van der Waals surface area contributed by atoms with E-state index in [-0.39, 0.29) is 0 Å². The summed E-state index contributed by atoms with van der Waals surface area (Å²) in [6, 6.07) is 7.98. The van der Waals surface area contributed by atoms with E-state index in [1.54, 1.807) is 10.8 Å². The molecule has 0 heterocycles. The molecule has 52 valence electrons. The van der Waals surface area contributed by atoms with E-state index in [9.17, 15) is 0 Å². The maximum Gasteiger partial charge on any atom is -0.0196 e. The topological polar surface area (TPSA) is 0 Å². The van der Waals surface area contributed by atoms with Gasteiger partial charge >= 0.3 is 0 Å². The SMILES string of the molecule is SC=c1ccc(=CS)cc1. The second kappa shape index (κ2) is 3.74. The molecule has 0 aromatic heterocycles. The van der Waals surface area contributed by atoms with Crippen molar-refractivity contribution in [3.63, 3.8) is 0 Å². The van der Waals surface area contributed by atoms with Gasteiger partial charge in [-0.3, -0.25) is 0 Å². The van der Waals surface area contributed by atoms with Gasteiger partial charge in [-0.05, 0) is 21.3 Å². The molecule has 0 bridgehead atoms. The van der Waals surface area contributed by atoms with Crippen LogP contribution in [0.25, 0.3) is 10.8 Å². The van der Waals surface area contributed by atoms with Crippen LogP contribution >= 0.6 is 25.3 Å². The molecule has 1 rings (SSSR count). The van der Waals surface area contributed by atoms with Crippen LogP contribution in [0.2, 0.25) is 0 Å². The first kappa shape index (κ1) is 7.76. The molecule has 0 atom stereocenters. The van der Waals surface area contributed by atoms with Crippen molar-refractivity contribution in [2.45, 2.75) is 0 Å². The van der Waals surface area contributed by atoms with E-state index >= 15 is 0 Å².